The molecule has 0 amide bonds. The standard InChI is InChI=1S/C12H15BrO2/c13-11-6-5-10(14)7-12(11)15-8-9-3-1-2-4-9/h5-7,9,14H,1-4,8H2. The van der Waals surface area contributed by atoms with Crippen LogP contribution in [0.4, 0.5) is 0 Å². The minimum absolute atomic E-state index is 0.250. The molecular weight excluding hydrogens is 256 g/mol. The summed E-state index contributed by atoms with van der Waals surface area (Å²) in [5, 5.41) is 9.33. The molecule has 3 heteroatoms. The Morgan fingerprint density at radius 1 is 1.33 bits per heavy atom. The number of hydrogen-bond donors (Lipinski definition) is 1. The van der Waals surface area contributed by atoms with Crippen molar-refractivity contribution in [3.63, 3.8) is 0 Å². The minimum Gasteiger partial charge on any atom is -0.508 e. The average molecular weight is 271 g/mol. The van der Waals surface area contributed by atoms with Gasteiger partial charge in [-0.25, -0.2) is 0 Å². The number of halogens is 1. The number of benzene rings is 1. The molecule has 1 fully saturated rings. The lowest BCUT2D eigenvalue weighted by molar-refractivity contribution is 0.250. The molecule has 0 spiro atoms. The largest absolute Gasteiger partial charge is 0.508 e. The number of phenolic OH excluding ortho intramolecular Hbond substituents is 1. The molecule has 15 heavy (non-hydrogen) atoms. The van der Waals surface area contributed by atoms with E-state index < -0.39 is 0 Å². The smallest absolute Gasteiger partial charge is 0.137 e. The number of ether oxygens (including phenoxy) is 1. The molecule has 1 aliphatic rings. The van der Waals surface area contributed by atoms with E-state index in [2.05, 4.69) is 15.9 Å². The second kappa shape index (κ2) is 4.88. The predicted octanol–water partition coefficient (Wildman–Crippen LogP) is 3.72. The first-order chi connectivity index (χ1) is 7.25. The predicted molar refractivity (Wildman–Crippen MR) is 63.3 cm³/mol. The topological polar surface area (TPSA) is 29.5 Å². The summed E-state index contributed by atoms with van der Waals surface area (Å²) in [5.74, 6) is 1.68. The number of phenols is 1. The van der Waals surface area contributed by atoms with Crippen molar-refractivity contribution >= 4 is 15.9 Å². The van der Waals surface area contributed by atoms with Gasteiger partial charge in [0.05, 0.1) is 11.1 Å². The van der Waals surface area contributed by atoms with Gasteiger partial charge in [0, 0.05) is 6.07 Å². The lowest BCUT2D eigenvalue weighted by atomic mass is 10.1. The monoisotopic (exact) mass is 270 g/mol. The molecule has 2 nitrogen and oxygen atoms in total. The zero-order valence-electron chi connectivity index (χ0n) is 8.58. The van der Waals surface area contributed by atoms with Crippen LogP contribution in [-0.2, 0) is 0 Å². The van der Waals surface area contributed by atoms with Crippen molar-refractivity contribution in [2.24, 2.45) is 5.92 Å². The maximum absolute atomic E-state index is 9.33. The van der Waals surface area contributed by atoms with Gasteiger partial charge >= 0.3 is 0 Å². The maximum atomic E-state index is 9.33. The van der Waals surface area contributed by atoms with Crippen molar-refractivity contribution in [2.75, 3.05) is 6.61 Å². The van der Waals surface area contributed by atoms with Gasteiger partial charge in [-0.05, 0) is 46.8 Å². The zero-order valence-corrected chi connectivity index (χ0v) is 10.2. The molecule has 0 aliphatic heterocycles. The van der Waals surface area contributed by atoms with Gasteiger partial charge in [0.25, 0.3) is 0 Å². The molecule has 0 saturated heterocycles. The normalized spacial score (nSPS) is 16.9. The van der Waals surface area contributed by atoms with Gasteiger partial charge in [0.15, 0.2) is 0 Å². The molecule has 1 N–H and O–H groups in total. The van der Waals surface area contributed by atoms with Crippen LogP contribution in [0, 0.1) is 5.92 Å². The summed E-state index contributed by atoms with van der Waals surface area (Å²) < 4.78 is 6.60. The summed E-state index contributed by atoms with van der Waals surface area (Å²) >= 11 is 3.40. The van der Waals surface area contributed by atoms with E-state index in [1.165, 1.54) is 25.7 Å². The van der Waals surface area contributed by atoms with Crippen molar-refractivity contribution in [3.8, 4) is 11.5 Å². The fourth-order valence-corrected chi connectivity index (χ4v) is 2.35. The third kappa shape index (κ3) is 2.88. The summed E-state index contributed by atoms with van der Waals surface area (Å²) in [6.07, 6.45) is 5.21. The van der Waals surface area contributed by atoms with Crippen LogP contribution in [0.1, 0.15) is 25.7 Å². The summed E-state index contributed by atoms with van der Waals surface area (Å²) in [6.45, 7) is 0.766. The highest BCUT2D eigenvalue weighted by molar-refractivity contribution is 9.10. The van der Waals surface area contributed by atoms with E-state index in [0.29, 0.717) is 5.92 Å². The summed E-state index contributed by atoms with van der Waals surface area (Å²) in [7, 11) is 0. The first-order valence-corrected chi connectivity index (χ1v) is 6.16. The van der Waals surface area contributed by atoms with Crippen LogP contribution in [0.2, 0.25) is 0 Å². The molecule has 0 radical (unpaired) electrons. The third-order valence-electron chi connectivity index (χ3n) is 2.86. The SMILES string of the molecule is Oc1ccc(Br)c(OCC2CCCC2)c1. The van der Waals surface area contributed by atoms with Crippen LogP contribution in [0.3, 0.4) is 0 Å². The second-order valence-corrected chi connectivity index (χ2v) is 4.93. The molecule has 1 aliphatic carbocycles. The molecule has 82 valence electrons. The van der Waals surface area contributed by atoms with Crippen molar-refractivity contribution in [1.82, 2.24) is 0 Å². The van der Waals surface area contributed by atoms with Gasteiger partial charge in [-0.3, -0.25) is 0 Å². The lowest BCUT2D eigenvalue weighted by Crippen LogP contribution is -2.08. The van der Waals surface area contributed by atoms with E-state index >= 15 is 0 Å². The Hall–Kier alpha value is -0.700. The van der Waals surface area contributed by atoms with Gasteiger partial charge in [-0.2, -0.15) is 0 Å². The first kappa shape index (κ1) is 10.8. The van der Waals surface area contributed by atoms with E-state index in [4.69, 9.17) is 4.74 Å². The molecule has 1 saturated carbocycles. The summed E-state index contributed by atoms with van der Waals surface area (Å²) in [6, 6.07) is 5.10. The Kier molecular flexibility index (Phi) is 3.52. The van der Waals surface area contributed by atoms with Gasteiger partial charge in [-0.1, -0.05) is 12.8 Å². The van der Waals surface area contributed by atoms with Crippen molar-refractivity contribution in [2.45, 2.75) is 25.7 Å². The molecule has 0 unspecified atom stereocenters. The fraction of sp³-hybridized carbons (Fsp3) is 0.500. The van der Waals surface area contributed by atoms with E-state index in [0.717, 1.165) is 16.8 Å². The Morgan fingerprint density at radius 2 is 2.07 bits per heavy atom. The van der Waals surface area contributed by atoms with Gasteiger partial charge in [0.1, 0.15) is 11.5 Å². The van der Waals surface area contributed by atoms with Crippen LogP contribution in [0.15, 0.2) is 22.7 Å². The summed E-state index contributed by atoms with van der Waals surface area (Å²) in [4.78, 5) is 0. The molecule has 0 heterocycles. The maximum Gasteiger partial charge on any atom is 0.137 e. The highest BCUT2D eigenvalue weighted by atomic mass is 79.9. The summed E-state index contributed by atoms with van der Waals surface area (Å²) in [5.41, 5.74) is 0. The molecule has 1 aromatic rings. The van der Waals surface area contributed by atoms with E-state index in [1.54, 1.807) is 18.2 Å². The van der Waals surface area contributed by atoms with Crippen molar-refractivity contribution in [1.29, 1.82) is 0 Å². The van der Waals surface area contributed by atoms with Crippen LogP contribution < -0.4 is 4.74 Å². The van der Waals surface area contributed by atoms with Crippen LogP contribution >= 0.6 is 15.9 Å². The number of rotatable bonds is 3. The molecule has 1 aromatic carbocycles. The Balaban J connectivity index is 1.94. The lowest BCUT2D eigenvalue weighted by Gasteiger charge is -2.12. The van der Waals surface area contributed by atoms with Crippen LogP contribution in [0.25, 0.3) is 0 Å². The molecule has 2 rings (SSSR count). The number of aromatic hydroxyl groups is 1. The highest BCUT2D eigenvalue weighted by Crippen LogP contribution is 2.31. The number of hydrogen-bond acceptors (Lipinski definition) is 2. The third-order valence-corrected chi connectivity index (χ3v) is 3.52. The molecular formula is C12H15BrO2. The van der Waals surface area contributed by atoms with Crippen LogP contribution in [-0.4, -0.2) is 11.7 Å². The van der Waals surface area contributed by atoms with Gasteiger partial charge in [0.2, 0.25) is 0 Å². The van der Waals surface area contributed by atoms with Crippen molar-refractivity contribution < 1.29 is 9.84 Å². The van der Waals surface area contributed by atoms with Crippen LogP contribution in [0.5, 0.6) is 11.5 Å². The highest BCUT2D eigenvalue weighted by Gasteiger charge is 2.16. The van der Waals surface area contributed by atoms with E-state index in [9.17, 15) is 5.11 Å². The van der Waals surface area contributed by atoms with E-state index in [-0.39, 0.29) is 5.75 Å². The Labute approximate surface area is 98.4 Å². The Bertz CT molecular complexity index is 332. The van der Waals surface area contributed by atoms with Gasteiger partial charge < -0.3 is 9.84 Å². The van der Waals surface area contributed by atoms with E-state index in [1.807, 2.05) is 0 Å². The van der Waals surface area contributed by atoms with Gasteiger partial charge in [-0.15, -0.1) is 0 Å². The zero-order chi connectivity index (χ0) is 10.7. The minimum atomic E-state index is 0.250. The second-order valence-electron chi connectivity index (χ2n) is 4.08. The Morgan fingerprint density at radius 3 is 2.80 bits per heavy atom. The average Bonchev–Trinajstić information content (AvgIpc) is 2.72. The molecule has 0 aromatic heterocycles. The molecule has 0 atom stereocenters. The fourth-order valence-electron chi connectivity index (χ4n) is 1.99. The molecule has 0 bridgehead atoms. The first-order valence-electron chi connectivity index (χ1n) is 5.37. The quantitative estimate of drug-likeness (QED) is 0.907. The van der Waals surface area contributed by atoms with Crippen molar-refractivity contribution in [3.05, 3.63) is 22.7 Å².